The van der Waals surface area contributed by atoms with Gasteiger partial charge in [0.15, 0.2) is 0 Å². The van der Waals surface area contributed by atoms with Crippen molar-refractivity contribution in [2.45, 2.75) is 337 Å². The molecule has 0 N–H and O–H groups in total. The summed E-state index contributed by atoms with van der Waals surface area (Å²) in [5, 5.41) is 9.09. The largest absolute Gasteiger partial charge is 0.299 e. The summed E-state index contributed by atoms with van der Waals surface area (Å²) < 4.78 is 0. The van der Waals surface area contributed by atoms with E-state index in [-0.39, 0.29) is 41.5 Å². The maximum Gasteiger partial charge on any atom is 0.139 e. The number of carbonyl (C=O) groups is 2. The molecule has 0 amide bonds. The number of ketones is 2. The Morgan fingerprint density at radius 3 is 0.912 bits per heavy atom. The van der Waals surface area contributed by atoms with E-state index in [1.165, 1.54) is 201 Å². The van der Waals surface area contributed by atoms with Crippen molar-refractivity contribution in [3.63, 3.8) is 0 Å². The first-order chi connectivity index (χ1) is 52.3. The molecule has 4 heterocycles. The van der Waals surface area contributed by atoms with Crippen molar-refractivity contribution in [3.8, 4) is 0 Å². The van der Waals surface area contributed by atoms with Crippen LogP contribution in [0.1, 0.15) is 356 Å². The molecular formula is C107H171N5O2. The molecule has 4 bridgehead atoms. The van der Waals surface area contributed by atoms with Crippen LogP contribution in [0.4, 0.5) is 0 Å². The molecule has 6 aliphatic carbocycles. The lowest BCUT2D eigenvalue weighted by Gasteiger charge is -2.35. The van der Waals surface area contributed by atoms with Gasteiger partial charge in [-0.15, -0.1) is 0 Å². The normalized spacial score (nSPS) is 24.5. The van der Waals surface area contributed by atoms with Crippen LogP contribution in [0.2, 0.25) is 0 Å². The predicted molar refractivity (Wildman–Crippen MR) is 504 cm³/mol. The molecule has 4 aromatic rings. The van der Waals surface area contributed by atoms with Gasteiger partial charge in [0, 0.05) is 78.6 Å². The minimum absolute atomic E-state index is 0. The predicted octanol–water partition coefficient (Wildman–Crippen LogP) is 30.7. The van der Waals surface area contributed by atoms with E-state index in [1.54, 1.807) is 0 Å². The molecule has 4 aromatic carbocycles. The summed E-state index contributed by atoms with van der Waals surface area (Å²) in [5.74, 6) is 14.2. The number of allylic oxidation sites excluding steroid dienone is 3. The van der Waals surface area contributed by atoms with E-state index in [0.717, 1.165) is 82.6 Å². The zero-order valence-corrected chi connectivity index (χ0v) is 74.1. The number of nitrogens with zero attached hydrogens (tertiary/aromatic N) is 5. The highest BCUT2D eigenvalue weighted by molar-refractivity contribution is 6.08. The zero-order valence-electron chi connectivity index (χ0n) is 74.1. The monoisotopic (exact) mass is 1560 g/mol. The van der Waals surface area contributed by atoms with Gasteiger partial charge in [0.25, 0.3) is 0 Å². The van der Waals surface area contributed by atoms with E-state index in [2.05, 4.69) is 264 Å². The summed E-state index contributed by atoms with van der Waals surface area (Å²) >= 11 is 0. The van der Waals surface area contributed by atoms with Gasteiger partial charge in [0.2, 0.25) is 0 Å². The van der Waals surface area contributed by atoms with Gasteiger partial charge in [-0.2, -0.15) is 10.2 Å². The number of benzene rings is 4. The molecule has 7 heteroatoms. The Bertz CT molecular complexity index is 3690. The summed E-state index contributed by atoms with van der Waals surface area (Å²) in [6.07, 6.45) is 34.3. The number of fused-ring (bicyclic) bond motifs is 12. The van der Waals surface area contributed by atoms with Crippen molar-refractivity contribution in [2.75, 3.05) is 0 Å². The Morgan fingerprint density at radius 1 is 0.307 bits per heavy atom. The fourth-order valence-electron chi connectivity index (χ4n) is 18.7. The smallest absolute Gasteiger partial charge is 0.139 e. The van der Waals surface area contributed by atoms with E-state index in [0.29, 0.717) is 65.8 Å². The van der Waals surface area contributed by atoms with Gasteiger partial charge in [-0.3, -0.25) is 24.6 Å². The topological polar surface area (TPSA) is 95.9 Å². The second kappa shape index (κ2) is 50.5. The van der Waals surface area contributed by atoms with Gasteiger partial charge < -0.3 is 0 Å². The minimum Gasteiger partial charge on any atom is -0.299 e. The number of aliphatic imine (C=N–C) groups is 3. The van der Waals surface area contributed by atoms with Gasteiger partial charge in [-0.25, -0.2) is 0 Å². The fourth-order valence-corrected chi connectivity index (χ4v) is 18.7. The Kier molecular flexibility index (Phi) is 45.2. The van der Waals surface area contributed by atoms with Crippen LogP contribution in [0.5, 0.6) is 0 Å². The molecule has 6 saturated carbocycles. The summed E-state index contributed by atoms with van der Waals surface area (Å²) in [5.41, 5.74) is 21.1. The fraction of sp³-hybridized carbons (Fsp3) is 0.654. The third kappa shape index (κ3) is 30.9. The minimum atomic E-state index is 0. The lowest BCUT2D eigenvalue weighted by molar-refractivity contribution is -0.122. The molecule has 14 rings (SSSR count). The first-order valence-corrected chi connectivity index (χ1v) is 44.6. The van der Waals surface area contributed by atoms with Crippen LogP contribution in [0.25, 0.3) is 0 Å². The Balaban J connectivity index is 0.000000365. The van der Waals surface area contributed by atoms with Gasteiger partial charge >= 0.3 is 0 Å². The molecule has 0 radical (unpaired) electrons. The number of hydrogen-bond donors (Lipinski definition) is 0. The van der Waals surface area contributed by atoms with Crippen LogP contribution >= 0.6 is 0 Å². The first kappa shape index (κ1) is 102. The average molecular weight is 1560 g/mol. The molecule has 636 valence electrons. The van der Waals surface area contributed by atoms with Crippen LogP contribution in [0.15, 0.2) is 158 Å². The lowest BCUT2D eigenvalue weighted by Crippen LogP contribution is -2.36. The van der Waals surface area contributed by atoms with E-state index in [1.807, 2.05) is 27.7 Å². The van der Waals surface area contributed by atoms with E-state index < -0.39 is 0 Å². The Hall–Kier alpha value is -6.21. The standard InChI is InChI=1S/C23H31NO.C22H31N.C21H26N2O.C21H27N.4C4H10.4CH4/c1-16(2)22(25)14-18-10-12-19(13-11-18)23-21-9-7-5-4-6-8-20(21)17(3)15-24-23;1-16(2)14-18-10-12-19(13-11-18)22-21-9-7-5-4-6-8-20(21)17(3)15-23-22;1-12(2)18(24)10-14-4-6-15(7-5-14)21-20-17-9-8-16(11-17)19(20)13(3)22-23-21;1-13(2)10-15-4-6-16(7-5-15)21-20-18-9-8-17(11-18)19(20)14(3)12-22-21;4*1-4(2)3;;;;/h10-13,15-16,20-21H,4-9,14H2,1-3H3;10-13,15-16,20-21H,4-9,14H2,1-3H3;4-7,12,16-17,19-20H,8-11H2,1-3H3;4-7,12-13,17-20H,8-11H2,1-3H3;4*4H,1-3H3;4*1H4. The van der Waals surface area contributed by atoms with Crippen molar-refractivity contribution < 1.29 is 9.59 Å². The van der Waals surface area contributed by atoms with Crippen LogP contribution < -0.4 is 0 Å². The highest BCUT2D eigenvalue weighted by Gasteiger charge is 2.53. The van der Waals surface area contributed by atoms with Gasteiger partial charge in [0.1, 0.15) is 11.6 Å². The van der Waals surface area contributed by atoms with Crippen molar-refractivity contribution in [2.24, 2.45) is 144 Å². The maximum absolute atomic E-state index is 12.0. The number of Topliss-reactive ketones (excluding diaryl/α,β-unsaturated/α-hetero) is 2. The molecule has 10 aliphatic rings. The van der Waals surface area contributed by atoms with E-state index in [9.17, 15) is 9.59 Å². The average Bonchev–Trinajstić information content (AvgIpc) is 1.59. The van der Waals surface area contributed by atoms with Gasteiger partial charge in [0.05, 0.1) is 22.8 Å². The van der Waals surface area contributed by atoms with Crippen LogP contribution in [-0.4, -0.2) is 40.1 Å². The van der Waals surface area contributed by atoms with Crippen LogP contribution in [0, 0.1) is 118 Å². The third-order valence-electron chi connectivity index (χ3n) is 23.7. The van der Waals surface area contributed by atoms with Crippen LogP contribution in [0.3, 0.4) is 0 Å². The van der Waals surface area contributed by atoms with Gasteiger partial charge in [-0.1, -0.05) is 333 Å². The van der Waals surface area contributed by atoms with E-state index >= 15 is 0 Å². The SMILES string of the molecule is C.C.C.C.CC(C)C.CC(C)C.CC(C)C.CC(C)C.CC1=CN=C(c2ccc(CC(=O)C(C)C)cc2)C2CCCCCCC12.CC1=CN=C(c2ccc(CC(C)C)cc2)C2C3CCC(C3)C12.CC1=CN=C(c2ccc(CC(C)C)cc2)C2CCCCCCC12.CC1=NN=C(c2ccc(CC(=O)C(C)C)cc2)C2C3CCC(C3)C12. The first-order valence-electron chi connectivity index (χ1n) is 44.6. The maximum atomic E-state index is 12.0. The summed E-state index contributed by atoms with van der Waals surface area (Å²) in [4.78, 5) is 38.5. The molecule has 12 unspecified atom stereocenters. The molecule has 0 saturated heterocycles. The molecular weight excluding hydrogens is 1390 g/mol. The second-order valence-corrected chi connectivity index (χ2v) is 39.1. The molecule has 12 atom stereocenters. The van der Waals surface area contributed by atoms with E-state index in [4.69, 9.17) is 15.0 Å². The van der Waals surface area contributed by atoms with Crippen LogP contribution in [-0.2, 0) is 35.3 Å². The summed E-state index contributed by atoms with van der Waals surface area (Å²) in [7, 11) is 0. The lowest BCUT2D eigenvalue weighted by atomic mass is 9.71. The highest BCUT2D eigenvalue weighted by Crippen LogP contribution is 2.58. The van der Waals surface area contributed by atoms with Gasteiger partial charge in [-0.05, 0) is 226 Å². The van der Waals surface area contributed by atoms with Crippen molar-refractivity contribution in [1.29, 1.82) is 0 Å². The van der Waals surface area contributed by atoms with Crippen molar-refractivity contribution >= 4 is 40.1 Å². The molecule has 114 heavy (non-hydrogen) atoms. The zero-order chi connectivity index (χ0) is 80.5. The number of carbonyl (C=O) groups excluding carboxylic acids is 2. The Labute approximate surface area is 703 Å². The molecule has 0 aromatic heterocycles. The summed E-state index contributed by atoms with van der Waals surface area (Å²) in [6, 6.07) is 35.5. The van der Waals surface area contributed by atoms with Crippen molar-refractivity contribution in [1.82, 2.24) is 0 Å². The van der Waals surface area contributed by atoms with Crippen molar-refractivity contribution in [3.05, 3.63) is 177 Å². The summed E-state index contributed by atoms with van der Waals surface area (Å²) in [6.45, 7) is 52.0. The Morgan fingerprint density at radius 2 is 0.579 bits per heavy atom. The quantitative estimate of drug-likeness (QED) is 0.126. The molecule has 6 fully saturated rings. The molecule has 0 spiro atoms. The second-order valence-electron chi connectivity index (χ2n) is 39.1. The molecule has 7 nitrogen and oxygen atoms in total. The number of hydrogen-bond acceptors (Lipinski definition) is 7. The highest BCUT2D eigenvalue weighted by atomic mass is 16.1. The number of rotatable bonds is 14. The third-order valence-corrected chi connectivity index (χ3v) is 23.7. The molecule has 4 aliphatic heterocycles.